The number of oxazole rings is 1. The highest BCUT2D eigenvalue weighted by atomic mass is 16.4. The number of hydrogen-bond donors (Lipinski definition) is 1. The molecule has 90 valence electrons. The molecule has 2 heterocycles. The Morgan fingerprint density at radius 3 is 2.82 bits per heavy atom. The maximum Gasteiger partial charge on any atom is 0.208 e. The van der Waals surface area contributed by atoms with Gasteiger partial charge >= 0.3 is 0 Å². The predicted octanol–water partition coefficient (Wildman–Crippen LogP) is 2.23. The van der Waals surface area contributed by atoms with Gasteiger partial charge in [-0.15, -0.1) is 0 Å². The van der Waals surface area contributed by atoms with Crippen molar-refractivity contribution in [2.75, 3.05) is 0 Å². The molecule has 0 aliphatic heterocycles. The molecule has 0 aromatic carbocycles. The first-order valence-corrected chi connectivity index (χ1v) is 5.82. The van der Waals surface area contributed by atoms with Crippen LogP contribution in [-0.2, 0) is 19.5 Å². The van der Waals surface area contributed by atoms with Gasteiger partial charge in [-0.3, -0.25) is 4.98 Å². The number of nitrogens with one attached hydrogen (secondary N) is 1. The smallest absolute Gasteiger partial charge is 0.208 e. The van der Waals surface area contributed by atoms with E-state index in [0.29, 0.717) is 6.54 Å². The summed E-state index contributed by atoms with van der Waals surface area (Å²) >= 11 is 0. The number of aromatic nitrogens is 2. The van der Waals surface area contributed by atoms with Gasteiger partial charge in [-0.25, -0.2) is 4.98 Å². The van der Waals surface area contributed by atoms with Gasteiger partial charge in [0.25, 0.3) is 0 Å². The average molecular weight is 231 g/mol. The van der Waals surface area contributed by atoms with Crippen molar-refractivity contribution in [1.29, 1.82) is 0 Å². The first kappa shape index (κ1) is 11.8. The van der Waals surface area contributed by atoms with Gasteiger partial charge in [0, 0.05) is 25.4 Å². The zero-order valence-corrected chi connectivity index (χ0v) is 10.2. The Bertz CT molecular complexity index is 479. The quantitative estimate of drug-likeness (QED) is 0.857. The van der Waals surface area contributed by atoms with Crippen LogP contribution in [0.15, 0.2) is 29.1 Å². The predicted molar refractivity (Wildman–Crippen MR) is 65.4 cm³/mol. The van der Waals surface area contributed by atoms with Crippen molar-refractivity contribution >= 4 is 0 Å². The van der Waals surface area contributed by atoms with Crippen LogP contribution in [0.2, 0.25) is 0 Å². The molecule has 0 saturated carbocycles. The van der Waals surface area contributed by atoms with E-state index in [-0.39, 0.29) is 0 Å². The molecule has 0 amide bonds. The zero-order valence-electron chi connectivity index (χ0n) is 10.2. The molecule has 2 aromatic rings. The standard InChI is InChI=1S/C13H17N3O/c1-3-12-8-16-13(17-12)9-15-7-11-4-10(2)5-14-6-11/h4-6,8,15H,3,7,9H2,1-2H3. The Morgan fingerprint density at radius 1 is 1.24 bits per heavy atom. The van der Waals surface area contributed by atoms with Gasteiger partial charge < -0.3 is 9.73 Å². The average Bonchev–Trinajstić information content (AvgIpc) is 2.77. The summed E-state index contributed by atoms with van der Waals surface area (Å²) < 4.78 is 5.51. The highest BCUT2D eigenvalue weighted by Crippen LogP contribution is 2.05. The first-order chi connectivity index (χ1) is 8.28. The Labute approximate surface area is 101 Å². The molecule has 4 heteroatoms. The highest BCUT2D eigenvalue weighted by molar-refractivity contribution is 5.16. The molecule has 0 atom stereocenters. The van der Waals surface area contributed by atoms with Gasteiger partial charge in [0.1, 0.15) is 5.76 Å². The Balaban J connectivity index is 1.83. The minimum Gasteiger partial charge on any atom is -0.444 e. The lowest BCUT2D eigenvalue weighted by Crippen LogP contribution is -2.13. The van der Waals surface area contributed by atoms with Crippen molar-refractivity contribution in [2.24, 2.45) is 0 Å². The third-order valence-electron chi connectivity index (χ3n) is 2.49. The Morgan fingerprint density at radius 2 is 2.12 bits per heavy atom. The van der Waals surface area contributed by atoms with Crippen LogP contribution in [0.4, 0.5) is 0 Å². The van der Waals surface area contributed by atoms with E-state index in [1.165, 1.54) is 11.1 Å². The van der Waals surface area contributed by atoms with Crippen molar-refractivity contribution in [3.05, 3.63) is 47.4 Å². The van der Waals surface area contributed by atoms with Crippen molar-refractivity contribution in [3.8, 4) is 0 Å². The summed E-state index contributed by atoms with van der Waals surface area (Å²) in [6, 6.07) is 2.12. The molecule has 0 unspecified atom stereocenters. The SMILES string of the molecule is CCc1cnc(CNCc2cncc(C)c2)o1. The van der Waals surface area contributed by atoms with Gasteiger partial charge in [0.05, 0.1) is 12.7 Å². The lowest BCUT2D eigenvalue weighted by Gasteiger charge is -2.02. The number of nitrogens with zero attached hydrogens (tertiary/aromatic N) is 2. The molecule has 2 aromatic heterocycles. The van der Waals surface area contributed by atoms with Crippen molar-refractivity contribution < 1.29 is 4.42 Å². The summed E-state index contributed by atoms with van der Waals surface area (Å²) in [6.07, 6.45) is 6.39. The monoisotopic (exact) mass is 231 g/mol. The van der Waals surface area contributed by atoms with Crippen LogP contribution in [0.3, 0.4) is 0 Å². The third kappa shape index (κ3) is 3.39. The van der Waals surface area contributed by atoms with E-state index in [0.717, 1.165) is 24.6 Å². The fraction of sp³-hybridized carbons (Fsp3) is 0.385. The van der Waals surface area contributed by atoms with Crippen LogP contribution in [-0.4, -0.2) is 9.97 Å². The van der Waals surface area contributed by atoms with Crippen LogP contribution in [0.5, 0.6) is 0 Å². The van der Waals surface area contributed by atoms with Crippen LogP contribution in [0.1, 0.15) is 29.7 Å². The molecule has 0 fully saturated rings. The van der Waals surface area contributed by atoms with E-state index in [4.69, 9.17) is 4.42 Å². The number of rotatable bonds is 5. The summed E-state index contributed by atoms with van der Waals surface area (Å²) in [5.41, 5.74) is 2.35. The van der Waals surface area contributed by atoms with Crippen molar-refractivity contribution in [2.45, 2.75) is 33.4 Å². The second-order valence-corrected chi connectivity index (χ2v) is 4.05. The van der Waals surface area contributed by atoms with E-state index in [9.17, 15) is 0 Å². The van der Waals surface area contributed by atoms with Crippen LogP contribution in [0, 0.1) is 6.92 Å². The number of pyridine rings is 1. The molecular weight excluding hydrogens is 214 g/mol. The molecule has 17 heavy (non-hydrogen) atoms. The topological polar surface area (TPSA) is 51.0 Å². The van der Waals surface area contributed by atoms with Gasteiger partial charge in [-0.05, 0) is 18.1 Å². The van der Waals surface area contributed by atoms with Crippen LogP contribution < -0.4 is 5.32 Å². The van der Waals surface area contributed by atoms with Gasteiger partial charge in [-0.2, -0.15) is 0 Å². The molecule has 4 nitrogen and oxygen atoms in total. The van der Waals surface area contributed by atoms with Gasteiger partial charge in [0.15, 0.2) is 0 Å². The summed E-state index contributed by atoms with van der Waals surface area (Å²) in [4.78, 5) is 8.34. The molecule has 0 saturated heterocycles. The summed E-state index contributed by atoms with van der Waals surface area (Å²) in [6.45, 7) is 5.51. The van der Waals surface area contributed by atoms with Gasteiger partial charge in [-0.1, -0.05) is 13.0 Å². The first-order valence-electron chi connectivity index (χ1n) is 5.82. The molecule has 0 aliphatic carbocycles. The Hall–Kier alpha value is -1.68. The lowest BCUT2D eigenvalue weighted by molar-refractivity contribution is 0.439. The fourth-order valence-electron chi connectivity index (χ4n) is 1.62. The van der Waals surface area contributed by atoms with Crippen molar-refractivity contribution in [3.63, 3.8) is 0 Å². The molecule has 0 radical (unpaired) electrons. The lowest BCUT2D eigenvalue weighted by atomic mass is 10.2. The van der Waals surface area contributed by atoms with Gasteiger partial charge in [0.2, 0.25) is 5.89 Å². The largest absolute Gasteiger partial charge is 0.444 e. The van der Waals surface area contributed by atoms with E-state index in [2.05, 4.69) is 28.3 Å². The number of hydrogen-bond acceptors (Lipinski definition) is 4. The molecule has 0 aliphatic rings. The van der Waals surface area contributed by atoms with Crippen molar-refractivity contribution in [1.82, 2.24) is 15.3 Å². The third-order valence-corrected chi connectivity index (χ3v) is 2.49. The molecular formula is C13H17N3O. The van der Waals surface area contributed by atoms with E-state index in [1.54, 1.807) is 6.20 Å². The molecule has 0 bridgehead atoms. The maximum absolute atomic E-state index is 5.51. The van der Waals surface area contributed by atoms with Crippen LogP contribution in [0.25, 0.3) is 0 Å². The highest BCUT2D eigenvalue weighted by Gasteiger charge is 2.01. The normalized spacial score (nSPS) is 10.7. The zero-order chi connectivity index (χ0) is 12.1. The molecule has 1 N–H and O–H groups in total. The maximum atomic E-state index is 5.51. The number of aryl methyl sites for hydroxylation is 2. The summed E-state index contributed by atoms with van der Waals surface area (Å²) in [7, 11) is 0. The van der Waals surface area contributed by atoms with Crippen LogP contribution >= 0.6 is 0 Å². The van der Waals surface area contributed by atoms with E-state index < -0.39 is 0 Å². The molecule has 0 spiro atoms. The summed E-state index contributed by atoms with van der Waals surface area (Å²) in [5.74, 6) is 1.67. The summed E-state index contributed by atoms with van der Waals surface area (Å²) in [5, 5.41) is 3.29. The minimum atomic E-state index is 0.647. The second-order valence-electron chi connectivity index (χ2n) is 4.05. The minimum absolute atomic E-state index is 0.647. The molecule has 2 rings (SSSR count). The fourth-order valence-corrected chi connectivity index (χ4v) is 1.62. The second kappa shape index (κ2) is 5.59. The van der Waals surface area contributed by atoms with E-state index >= 15 is 0 Å². The van der Waals surface area contributed by atoms with E-state index in [1.807, 2.05) is 19.3 Å². The Kier molecular flexibility index (Phi) is 3.88.